The van der Waals surface area contributed by atoms with Gasteiger partial charge in [-0.15, -0.1) is 0 Å². The van der Waals surface area contributed by atoms with Crippen LogP contribution in [0.1, 0.15) is 21.5 Å². The molecular formula is C32H27N3O4S. The molecule has 4 aromatic carbocycles. The molecule has 5 rings (SSSR count). The molecular weight excluding hydrogens is 522 g/mol. The minimum atomic E-state index is -0.416. The largest absolute Gasteiger partial charge is 0.497 e. The van der Waals surface area contributed by atoms with Gasteiger partial charge in [-0.2, -0.15) is 0 Å². The van der Waals surface area contributed by atoms with Crippen LogP contribution in [0.25, 0.3) is 0 Å². The Kier molecular flexibility index (Phi) is 7.70. The number of nitrogens with zero attached hydrogens (tertiary/aromatic N) is 1. The summed E-state index contributed by atoms with van der Waals surface area (Å²) in [6.07, 6.45) is 0. The molecule has 0 unspecified atom stereocenters. The number of imide groups is 1. The molecule has 0 saturated heterocycles. The van der Waals surface area contributed by atoms with Crippen LogP contribution >= 0.6 is 11.8 Å². The zero-order valence-electron chi connectivity index (χ0n) is 22.2. The molecule has 2 N–H and O–H groups in total. The van der Waals surface area contributed by atoms with Crippen molar-refractivity contribution < 1.29 is 19.1 Å². The van der Waals surface area contributed by atoms with E-state index < -0.39 is 11.8 Å². The highest BCUT2D eigenvalue weighted by molar-refractivity contribution is 8.04. The average Bonchev–Trinajstić information content (AvgIpc) is 3.20. The molecule has 8 heteroatoms. The van der Waals surface area contributed by atoms with Gasteiger partial charge in [0.25, 0.3) is 17.7 Å². The number of nitrogens with one attached hydrogen (secondary N) is 2. The minimum Gasteiger partial charge on any atom is -0.497 e. The van der Waals surface area contributed by atoms with E-state index in [1.165, 1.54) is 16.7 Å². The van der Waals surface area contributed by atoms with Crippen LogP contribution in [0.5, 0.6) is 5.75 Å². The Morgan fingerprint density at radius 2 is 1.45 bits per heavy atom. The smallest absolute Gasteiger partial charge is 0.283 e. The van der Waals surface area contributed by atoms with Crippen LogP contribution in [0, 0.1) is 13.8 Å². The van der Waals surface area contributed by atoms with Gasteiger partial charge in [-0.25, -0.2) is 4.90 Å². The fraction of sp³-hybridized carbons (Fsp3) is 0.0938. The van der Waals surface area contributed by atoms with E-state index in [1.54, 1.807) is 79.9 Å². The van der Waals surface area contributed by atoms with E-state index in [9.17, 15) is 14.4 Å². The molecule has 0 fully saturated rings. The molecule has 0 atom stereocenters. The summed E-state index contributed by atoms with van der Waals surface area (Å²) in [7, 11) is 1.57. The minimum absolute atomic E-state index is 0.221. The number of methoxy groups -OCH3 is 1. The van der Waals surface area contributed by atoms with Gasteiger partial charge in [0.15, 0.2) is 0 Å². The van der Waals surface area contributed by atoms with Gasteiger partial charge < -0.3 is 15.4 Å². The van der Waals surface area contributed by atoms with E-state index in [4.69, 9.17) is 4.74 Å². The number of carbonyl (C=O) groups is 3. The summed E-state index contributed by atoms with van der Waals surface area (Å²) >= 11 is 1.20. The van der Waals surface area contributed by atoms with Crippen molar-refractivity contribution in [3.63, 3.8) is 0 Å². The fourth-order valence-corrected chi connectivity index (χ4v) is 5.09. The zero-order valence-corrected chi connectivity index (χ0v) is 23.0. The average molecular weight is 550 g/mol. The maximum atomic E-state index is 13.6. The number of thioether (sulfide) groups is 1. The van der Waals surface area contributed by atoms with Crippen molar-refractivity contribution >= 4 is 46.5 Å². The highest BCUT2D eigenvalue weighted by atomic mass is 32.2. The molecule has 0 spiro atoms. The first kappa shape index (κ1) is 26.8. The van der Waals surface area contributed by atoms with Gasteiger partial charge in [-0.1, -0.05) is 36.0 Å². The van der Waals surface area contributed by atoms with Gasteiger partial charge in [0.05, 0.1) is 12.8 Å². The van der Waals surface area contributed by atoms with E-state index in [2.05, 4.69) is 10.6 Å². The van der Waals surface area contributed by atoms with E-state index >= 15 is 0 Å². The van der Waals surface area contributed by atoms with Crippen LogP contribution in [-0.4, -0.2) is 24.8 Å². The van der Waals surface area contributed by atoms with Crippen molar-refractivity contribution in [3.8, 4) is 5.75 Å². The fourth-order valence-electron chi connectivity index (χ4n) is 4.16. The Hall–Kier alpha value is -4.82. The standard InChI is InChI=1S/C32H27N3O4S/c1-20-9-12-24(19-21(20)2)33-28-29(32(38)35(31(28)37)25-7-5-4-6-8-25)40-27-17-13-23(14-18-27)34-30(36)22-10-15-26(39-3)16-11-22/h4-19,33H,1-3H3,(H,34,36). The predicted octanol–water partition coefficient (Wildman–Crippen LogP) is 6.55. The Balaban J connectivity index is 1.39. The molecule has 40 heavy (non-hydrogen) atoms. The number of rotatable bonds is 8. The van der Waals surface area contributed by atoms with Crippen molar-refractivity contribution in [2.24, 2.45) is 0 Å². The van der Waals surface area contributed by atoms with Gasteiger partial charge in [-0.3, -0.25) is 14.4 Å². The van der Waals surface area contributed by atoms with Gasteiger partial charge in [0.2, 0.25) is 0 Å². The number of hydrogen-bond donors (Lipinski definition) is 2. The summed E-state index contributed by atoms with van der Waals surface area (Å²) in [6, 6.07) is 28.7. The molecule has 7 nitrogen and oxygen atoms in total. The Bertz CT molecular complexity index is 1610. The number of benzene rings is 4. The number of amides is 3. The van der Waals surface area contributed by atoms with Crippen molar-refractivity contribution in [3.05, 3.63) is 124 Å². The molecule has 0 bridgehead atoms. The number of ether oxygens (including phenoxy) is 1. The van der Waals surface area contributed by atoms with Crippen molar-refractivity contribution in [2.75, 3.05) is 22.6 Å². The molecule has 0 aliphatic carbocycles. The van der Waals surface area contributed by atoms with Crippen LogP contribution in [0.2, 0.25) is 0 Å². The molecule has 1 aliphatic rings. The van der Waals surface area contributed by atoms with Crippen LogP contribution in [0.4, 0.5) is 17.1 Å². The normalized spacial score (nSPS) is 13.0. The summed E-state index contributed by atoms with van der Waals surface area (Å²) in [6.45, 7) is 4.02. The molecule has 4 aromatic rings. The van der Waals surface area contributed by atoms with Crippen LogP contribution in [0.3, 0.4) is 0 Å². The lowest BCUT2D eigenvalue weighted by Gasteiger charge is -2.15. The summed E-state index contributed by atoms with van der Waals surface area (Å²) in [5, 5.41) is 6.07. The van der Waals surface area contributed by atoms with E-state index in [0.29, 0.717) is 27.6 Å². The molecule has 1 heterocycles. The summed E-state index contributed by atoms with van der Waals surface area (Å²) in [5.41, 5.74) is 4.76. The first-order chi connectivity index (χ1) is 19.3. The summed E-state index contributed by atoms with van der Waals surface area (Å²) in [4.78, 5) is 42.0. The van der Waals surface area contributed by atoms with E-state index in [1.807, 2.05) is 38.1 Å². The second-order valence-corrected chi connectivity index (χ2v) is 10.3. The van der Waals surface area contributed by atoms with Crippen LogP contribution in [-0.2, 0) is 9.59 Å². The summed E-state index contributed by atoms with van der Waals surface area (Å²) in [5.74, 6) is -0.394. The third-order valence-electron chi connectivity index (χ3n) is 6.52. The zero-order chi connectivity index (χ0) is 28.2. The lowest BCUT2D eigenvalue weighted by Crippen LogP contribution is -2.32. The molecule has 200 valence electrons. The number of hydrogen-bond acceptors (Lipinski definition) is 6. The Morgan fingerprint density at radius 3 is 2.10 bits per heavy atom. The Labute approximate surface area is 236 Å². The predicted molar refractivity (Wildman–Crippen MR) is 159 cm³/mol. The van der Waals surface area contributed by atoms with Crippen molar-refractivity contribution in [1.82, 2.24) is 0 Å². The maximum absolute atomic E-state index is 13.6. The van der Waals surface area contributed by atoms with Gasteiger partial charge in [-0.05, 0) is 97.8 Å². The number of aryl methyl sites for hydroxylation is 2. The molecule has 3 amide bonds. The molecule has 0 saturated carbocycles. The topological polar surface area (TPSA) is 87.7 Å². The van der Waals surface area contributed by atoms with Gasteiger partial charge in [0.1, 0.15) is 16.4 Å². The molecule has 0 radical (unpaired) electrons. The van der Waals surface area contributed by atoms with E-state index in [0.717, 1.165) is 21.7 Å². The number of carbonyl (C=O) groups excluding carboxylic acids is 3. The molecule has 0 aromatic heterocycles. The summed E-state index contributed by atoms with van der Waals surface area (Å²) < 4.78 is 5.14. The third-order valence-corrected chi connectivity index (χ3v) is 7.61. The van der Waals surface area contributed by atoms with Gasteiger partial charge in [0, 0.05) is 21.8 Å². The lowest BCUT2D eigenvalue weighted by atomic mass is 10.1. The van der Waals surface area contributed by atoms with Crippen molar-refractivity contribution in [2.45, 2.75) is 18.7 Å². The number of para-hydroxylation sites is 1. The highest BCUT2D eigenvalue weighted by Gasteiger charge is 2.40. The maximum Gasteiger partial charge on any atom is 0.283 e. The van der Waals surface area contributed by atoms with Gasteiger partial charge >= 0.3 is 0 Å². The van der Waals surface area contributed by atoms with Crippen LogP contribution in [0.15, 0.2) is 113 Å². The Morgan fingerprint density at radius 1 is 0.775 bits per heavy atom. The molecule has 1 aliphatic heterocycles. The lowest BCUT2D eigenvalue weighted by molar-refractivity contribution is -0.120. The second-order valence-electron chi connectivity index (χ2n) is 9.22. The van der Waals surface area contributed by atoms with Crippen LogP contribution < -0.4 is 20.3 Å². The SMILES string of the molecule is COc1ccc(C(=O)Nc2ccc(SC3=C(Nc4ccc(C)c(C)c4)C(=O)N(c4ccccc4)C3=O)cc2)cc1. The highest BCUT2D eigenvalue weighted by Crippen LogP contribution is 2.38. The third kappa shape index (κ3) is 5.62. The first-order valence-corrected chi connectivity index (χ1v) is 13.4. The monoisotopic (exact) mass is 549 g/mol. The van der Waals surface area contributed by atoms with Crippen molar-refractivity contribution in [1.29, 1.82) is 0 Å². The second kappa shape index (κ2) is 11.5. The number of anilines is 3. The quantitative estimate of drug-likeness (QED) is 0.242. The first-order valence-electron chi connectivity index (χ1n) is 12.6. The van der Waals surface area contributed by atoms with E-state index in [-0.39, 0.29) is 11.6 Å².